The number of furan rings is 1. The maximum Gasteiger partial charge on any atom is 0.258 e. The second-order valence-corrected chi connectivity index (χ2v) is 10.2. The van der Waals surface area contributed by atoms with Crippen LogP contribution in [0.15, 0.2) is 57.7 Å². The Kier molecular flexibility index (Phi) is 6.33. The lowest BCUT2D eigenvalue weighted by Gasteiger charge is -2.42. The number of fused-ring (bicyclic) bond motifs is 4. The molecule has 35 heavy (non-hydrogen) atoms. The molecule has 0 saturated carbocycles. The van der Waals surface area contributed by atoms with Crippen molar-refractivity contribution < 1.29 is 14.3 Å². The third-order valence-electron chi connectivity index (χ3n) is 7.74. The molecule has 5 heterocycles. The van der Waals surface area contributed by atoms with Crippen molar-refractivity contribution in [2.24, 2.45) is 5.92 Å². The molecule has 1 aromatic carbocycles. The van der Waals surface area contributed by atoms with Crippen LogP contribution >= 0.6 is 0 Å². The Bertz CT molecular complexity index is 1240. The van der Waals surface area contributed by atoms with E-state index in [1.807, 2.05) is 28.8 Å². The van der Waals surface area contributed by atoms with Gasteiger partial charge in [-0.2, -0.15) is 0 Å². The van der Waals surface area contributed by atoms with Crippen molar-refractivity contribution in [1.29, 1.82) is 0 Å². The predicted octanol–water partition coefficient (Wildman–Crippen LogP) is 3.05. The highest BCUT2D eigenvalue weighted by Crippen LogP contribution is 2.36. The minimum atomic E-state index is -0.0700. The summed E-state index contributed by atoms with van der Waals surface area (Å²) in [4.78, 5) is 18.6. The van der Waals surface area contributed by atoms with Gasteiger partial charge in [-0.05, 0) is 47.7 Å². The molecule has 2 saturated heterocycles. The summed E-state index contributed by atoms with van der Waals surface area (Å²) in [6.07, 6.45) is 1.13. The van der Waals surface area contributed by atoms with Crippen LogP contribution in [0, 0.1) is 5.92 Å². The summed E-state index contributed by atoms with van der Waals surface area (Å²) in [6, 6.07) is 16.4. The molecule has 7 nitrogen and oxygen atoms in total. The highest BCUT2D eigenvalue weighted by Gasteiger charge is 2.35. The number of hydrogen-bond acceptors (Lipinski definition) is 6. The average molecular weight is 476 g/mol. The van der Waals surface area contributed by atoms with Crippen LogP contribution in [0.4, 0.5) is 0 Å². The number of likely N-dealkylation sites (tertiary alicyclic amines) is 1. The first-order chi connectivity index (χ1) is 17.2. The first kappa shape index (κ1) is 22.7. The van der Waals surface area contributed by atoms with Gasteiger partial charge in [0.1, 0.15) is 18.1 Å². The molecule has 184 valence electrons. The zero-order valence-corrected chi connectivity index (χ0v) is 20.1. The van der Waals surface area contributed by atoms with Crippen molar-refractivity contribution in [2.75, 3.05) is 39.4 Å². The fourth-order valence-corrected chi connectivity index (χ4v) is 6.11. The van der Waals surface area contributed by atoms with E-state index < -0.39 is 0 Å². The van der Waals surface area contributed by atoms with Crippen LogP contribution in [0.3, 0.4) is 0 Å². The van der Waals surface area contributed by atoms with Gasteiger partial charge >= 0.3 is 0 Å². The summed E-state index contributed by atoms with van der Waals surface area (Å²) in [7, 11) is 0. The normalized spacial score (nSPS) is 22.8. The molecular weight excluding hydrogens is 442 g/mol. The smallest absolute Gasteiger partial charge is 0.258 e. The van der Waals surface area contributed by atoms with E-state index in [4.69, 9.17) is 9.15 Å². The summed E-state index contributed by atoms with van der Waals surface area (Å²) in [6.45, 7) is 7.54. The van der Waals surface area contributed by atoms with E-state index in [-0.39, 0.29) is 12.2 Å². The molecule has 2 unspecified atom stereocenters. The molecule has 2 bridgehead atoms. The molecular formula is C28H33N3O4. The fraction of sp³-hybridized carbons (Fsp3) is 0.464. The van der Waals surface area contributed by atoms with Gasteiger partial charge in [0, 0.05) is 56.4 Å². The highest BCUT2D eigenvalue weighted by molar-refractivity contribution is 5.66. The number of aromatic nitrogens is 1. The molecule has 0 amide bonds. The van der Waals surface area contributed by atoms with Gasteiger partial charge in [-0.25, -0.2) is 0 Å². The second kappa shape index (κ2) is 9.74. The maximum atomic E-state index is 13.8. The topological polar surface area (TPSA) is 71.1 Å². The number of aliphatic hydroxyl groups excluding tert-OH is 1. The van der Waals surface area contributed by atoms with Crippen molar-refractivity contribution in [1.82, 2.24) is 14.4 Å². The lowest BCUT2D eigenvalue weighted by molar-refractivity contribution is 0.0342. The van der Waals surface area contributed by atoms with Gasteiger partial charge in [0.25, 0.3) is 5.56 Å². The zero-order valence-electron chi connectivity index (χ0n) is 20.1. The quantitative estimate of drug-likeness (QED) is 0.591. The van der Waals surface area contributed by atoms with E-state index in [1.54, 1.807) is 0 Å². The molecule has 3 aromatic rings. The van der Waals surface area contributed by atoms with E-state index in [0.717, 1.165) is 88.0 Å². The molecule has 2 atom stereocenters. The minimum Gasteiger partial charge on any atom is -0.462 e. The number of aliphatic hydroxyl groups is 1. The number of hydrogen-bond donors (Lipinski definition) is 1. The van der Waals surface area contributed by atoms with Crippen LogP contribution in [-0.2, 0) is 31.0 Å². The number of nitrogens with zero attached hydrogens (tertiary/aromatic N) is 3. The molecule has 1 N–H and O–H groups in total. The Morgan fingerprint density at radius 2 is 1.69 bits per heavy atom. The molecule has 0 spiro atoms. The van der Waals surface area contributed by atoms with Crippen LogP contribution in [0.2, 0.25) is 0 Å². The Morgan fingerprint density at radius 3 is 2.51 bits per heavy atom. The summed E-state index contributed by atoms with van der Waals surface area (Å²) in [5.41, 5.74) is 4.35. The summed E-state index contributed by atoms with van der Waals surface area (Å²) in [5, 5.41) is 9.28. The predicted molar refractivity (Wildman–Crippen MR) is 133 cm³/mol. The Hall–Kier alpha value is -2.71. The van der Waals surface area contributed by atoms with Gasteiger partial charge < -0.3 is 18.8 Å². The Labute approximate surface area is 205 Å². The van der Waals surface area contributed by atoms with Gasteiger partial charge in [0.05, 0.1) is 19.8 Å². The standard InChI is InChI=1S/C28H33N3O4/c32-19-24-6-5-23(35-24)18-30-14-20-13-22(17-30)27-8-7-26(28(33)31(27)15-20)25-4-2-1-3-21(25)16-29-9-11-34-12-10-29/h1-8,20,22,32H,9-19H2. The molecule has 7 heteroatoms. The molecule has 2 aromatic heterocycles. The van der Waals surface area contributed by atoms with Gasteiger partial charge in [-0.15, -0.1) is 0 Å². The molecule has 6 rings (SSSR count). The molecule has 2 fully saturated rings. The lowest BCUT2D eigenvalue weighted by atomic mass is 9.82. The van der Waals surface area contributed by atoms with Gasteiger partial charge in [-0.3, -0.25) is 14.6 Å². The molecule has 3 aliphatic heterocycles. The van der Waals surface area contributed by atoms with Crippen molar-refractivity contribution in [3.63, 3.8) is 0 Å². The lowest BCUT2D eigenvalue weighted by Crippen LogP contribution is -2.46. The number of morpholine rings is 1. The Balaban J connectivity index is 1.25. The minimum absolute atomic E-state index is 0.0700. The monoisotopic (exact) mass is 475 g/mol. The zero-order chi connectivity index (χ0) is 23.8. The molecule has 0 radical (unpaired) electrons. The fourth-order valence-electron chi connectivity index (χ4n) is 6.11. The van der Waals surface area contributed by atoms with Gasteiger partial charge in [-0.1, -0.05) is 24.3 Å². The van der Waals surface area contributed by atoms with Crippen molar-refractivity contribution in [2.45, 2.75) is 38.6 Å². The maximum absolute atomic E-state index is 13.8. The molecule has 0 aliphatic carbocycles. The first-order valence-electron chi connectivity index (χ1n) is 12.7. The summed E-state index contributed by atoms with van der Waals surface area (Å²) >= 11 is 0. The third-order valence-corrected chi connectivity index (χ3v) is 7.74. The van der Waals surface area contributed by atoms with E-state index in [9.17, 15) is 9.90 Å². The first-order valence-corrected chi connectivity index (χ1v) is 12.7. The van der Waals surface area contributed by atoms with E-state index in [0.29, 0.717) is 17.6 Å². The average Bonchev–Trinajstić information content (AvgIpc) is 3.33. The summed E-state index contributed by atoms with van der Waals surface area (Å²) in [5.74, 6) is 2.29. The highest BCUT2D eigenvalue weighted by atomic mass is 16.5. The number of piperidine rings is 1. The van der Waals surface area contributed by atoms with E-state index >= 15 is 0 Å². The van der Waals surface area contributed by atoms with E-state index in [2.05, 4.69) is 34.1 Å². The van der Waals surface area contributed by atoms with Crippen molar-refractivity contribution >= 4 is 0 Å². The van der Waals surface area contributed by atoms with Crippen LogP contribution in [0.5, 0.6) is 0 Å². The van der Waals surface area contributed by atoms with Gasteiger partial charge in [0.15, 0.2) is 0 Å². The number of pyridine rings is 1. The number of ether oxygens (including phenoxy) is 1. The molecule has 3 aliphatic rings. The van der Waals surface area contributed by atoms with Crippen LogP contribution in [-0.4, -0.2) is 58.9 Å². The number of rotatable bonds is 6. The largest absolute Gasteiger partial charge is 0.462 e. The van der Waals surface area contributed by atoms with Gasteiger partial charge in [0.2, 0.25) is 0 Å². The van der Waals surface area contributed by atoms with Crippen LogP contribution < -0.4 is 5.56 Å². The van der Waals surface area contributed by atoms with Crippen molar-refractivity contribution in [3.8, 4) is 11.1 Å². The van der Waals surface area contributed by atoms with Crippen LogP contribution in [0.1, 0.15) is 35.1 Å². The Morgan fingerprint density at radius 1 is 0.857 bits per heavy atom. The third kappa shape index (κ3) is 4.61. The second-order valence-electron chi connectivity index (χ2n) is 10.2. The van der Waals surface area contributed by atoms with Crippen molar-refractivity contribution in [3.05, 3.63) is 81.7 Å². The van der Waals surface area contributed by atoms with Crippen LogP contribution in [0.25, 0.3) is 11.1 Å². The van der Waals surface area contributed by atoms with E-state index in [1.165, 1.54) is 5.56 Å². The SMILES string of the molecule is O=c1c(-c2ccccc2CN2CCOCC2)ccc2n1CC1CC2CN(Cc2ccc(CO)o2)C1. The number of benzene rings is 1. The summed E-state index contributed by atoms with van der Waals surface area (Å²) < 4.78 is 13.3.